The van der Waals surface area contributed by atoms with Crippen molar-refractivity contribution in [3.8, 4) is 28.4 Å². The van der Waals surface area contributed by atoms with Crippen LogP contribution in [0.3, 0.4) is 0 Å². The second-order valence-electron chi connectivity index (χ2n) is 5.96. The summed E-state index contributed by atoms with van der Waals surface area (Å²) >= 11 is 0. The van der Waals surface area contributed by atoms with Gasteiger partial charge in [0.2, 0.25) is 0 Å². The summed E-state index contributed by atoms with van der Waals surface area (Å²) in [4.78, 5) is 0. The highest BCUT2D eigenvalue weighted by molar-refractivity contribution is 5.66. The largest absolute Gasteiger partial charge is 0.508 e. The number of rotatable bonds is 2. The minimum Gasteiger partial charge on any atom is -0.508 e. The molecule has 4 heteroatoms. The maximum absolute atomic E-state index is 9.50. The van der Waals surface area contributed by atoms with Crippen molar-refractivity contribution < 1.29 is 10.2 Å². The molecule has 2 N–H and O–H groups in total. The summed E-state index contributed by atoms with van der Waals surface area (Å²) in [6.07, 6.45) is 4.40. The standard InChI is InChI=1S/C19H18N2O2/c22-15-9-5-13(6-10-15)19-17-3-1-2-4-18(17)21(20-19)14-7-11-16(23)12-8-14/h5-12,22-23H,1-4H2. The maximum atomic E-state index is 9.50. The molecule has 4 nitrogen and oxygen atoms in total. The van der Waals surface area contributed by atoms with Gasteiger partial charge in [0.15, 0.2) is 0 Å². The topological polar surface area (TPSA) is 58.3 Å². The number of hydrogen-bond acceptors (Lipinski definition) is 3. The van der Waals surface area contributed by atoms with Gasteiger partial charge in [-0.2, -0.15) is 5.10 Å². The van der Waals surface area contributed by atoms with Gasteiger partial charge in [0, 0.05) is 16.8 Å². The average molecular weight is 306 g/mol. The van der Waals surface area contributed by atoms with Crippen LogP contribution in [0.2, 0.25) is 0 Å². The maximum Gasteiger partial charge on any atom is 0.115 e. The van der Waals surface area contributed by atoms with E-state index in [1.165, 1.54) is 24.1 Å². The molecule has 3 aromatic rings. The average Bonchev–Trinajstić information content (AvgIpc) is 2.96. The first kappa shape index (κ1) is 13.9. The molecule has 4 rings (SSSR count). The van der Waals surface area contributed by atoms with Crippen LogP contribution in [0, 0.1) is 0 Å². The first-order chi connectivity index (χ1) is 11.2. The van der Waals surface area contributed by atoms with Crippen LogP contribution in [0.1, 0.15) is 24.1 Å². The van der Waals surface area contributed by atoms with E-state index in [-0.39, 0.29) is 11.5 Å². The molecule has 0 bridgehead atoms. The number of hydrogen-bond donors (Lipinski definition) is 2. The Bertz CT molecular complexity index is 763. The van der Waals surface area contributed by atoms with Crippen molar-refractivity contribution in [3.63, 3.8) is 0 Å². The minimum absolute atomic E-state index is 0.258. The molecular formula is C19H18N2O2. The van der Waals surface area contributed by atoms with Crippen molar-refractivity contribution in [1.29, 1.82) is 0 Å². The highest BCUT2D eigenvalue weighted by Crippen LogP contribution is 2.33. The molecule has 1 aromatic heterocycles. The molecule has 0 spiro atoms. The third-order valence-corrected chi connectivity index (χ3v) is 4.42. The zero-order chi connectivity index (χ0) is 15.8. The second kappa shape index (κ2) is 5.47. The van der Waals surface area contributed by atoms with Crippen LogP contribution in [0.25, 0.3) is 16.9 Å². The summed E-state index contributed by atoms with van der Waals surface area (Å²) in [7, 11) is 0. The summed E-state index contributed by atoms with van der Waals surface area (Å²) in [5, 5.41) is 23.8. The monoisotopic (exact) mass is 306 g/mol. The number of aromatic hydroxyl groups is 2. The molecule has 0 atom stereocenters. The molecule has 0 saturated heterocycles. The number of phenols is 2. The van der Waals surface area contributed by atoms with Gasteiger partial charge in [-0.25, -0.2) is 4.68 Å². The van der Waals surface area contributed by atoms with Crippen LogP contribution in [-0.4, -0.2) is 20.0 Å². The van der Waals surface area contributed by atoms with E-state index in [0.717, 1.165) is 29.8 Å². The Morgan fingerprint density at radius 3 is 2.09 bits per heavy atom. The van der Waals surface area contributed by atoms with E-state index in [4.69, 9.17) is 5.10 Å². The second-order valence-corrected chi connectivity index (χ2v) is 5.96. The van der Waals surface area contributed by atoms with E-state index >= 15 is 0 Å². The van der Waals surface area contributed by atoms with Crippen LogP contribution >= 0.6 is 0 Å². The van der Waals surface area contributed by atoms with Crippen LogP contribution in [0.4, 0.5) is 0 Å². The Hall–Kier alpha value is -2.75. The first-order valence-electron chi connectivity index (χ1n) is 7.92. The number of benzene rings is 2. The molecule has 0 aliphatic heterocycles. The predicted octanol–water partition coefficient (Wildman–Crippen LogP) is 3.83. The number of phenolic OH excluding ortho intramolecular Hbond substituents is 2. The van der Waals surface area contributed by atoms with Gasteiger partial charge in [-0.15, -0.1) is 0 Å². The normalized spacial score (nSPS) is 13.7. The Balaban J connectivity index is 1.87. The van der Waals surface area contributed by atoms with E-state index in [9.17, 15) is 10.2 Å². The fraction of sp³-hybridized carbons (Fsp3) is 0.211. The van der Waals surface area contributed by atoms with E-state index < -0.39 is 0 Å². The van der Waals surface area contributed by atoms with Crippen molar-refractivity contribution in [2.45, 2.75) is 25.7 Å². The van der Waals surface area contributed by atoms with Crippen molar-refractivity contribution in [2.24, 2.45) is 0 Å². The molecule has 1 heterocycles. The van der Waals surface area contributed by atoms with Crippen LogP contribution in [-0.2, 0) is 12.8 Å². The molecule has 0 radical (unpaired) electrons. The van der Waals surface area contributed by atoms with E-state index in [0.29, 0.717) is 0 Å². The summed E-state index contributed by atoms with van der Waals surface area (Å²) in [6, 6.07) is 14.4. The highest BCUT2D eigenvalue weighted by atomic mass is 16.3. The number of aromatic nitrogens is 2. The van der Waals surface area contributed by atoms with E-state index in [2.05, 4.69) is 0 Å². The van der Waals surface area contributed by atoms with Crippen molar-refractivity contribution in [2.75, 3.05) is 0 Å². The van der Waals surface area contributed by atoms with Crippen LogP contribution < -0.4 is 0 Å². The van der Waals surface area contributed by atoms with Crippen molar-refractivity contribution >= 4 is 0 Å². The lowest BCUT2D eigenvalue weighted by Gasteiger charge is -2.14. The Kier molecular flexibility index (Phi) is 3.30. The van der Waals surface area contributed by atoms with Crippen molar-refractivity contribution in [3.05, 3.63) is 59.8 Å². The number of nitrogens with zero attached hydrogens (tertiary/aromatic N) is 2. The molecular weight excluding hydrogens is 288 g/mol. The molecule has 23 heavy (non-hydrogen) atoms. The summed E-state index contributed by atoms with van der Waals surface area (Å²) in [6.45, 7) is 0. The first-order valence-corrected chi connectivity index (χ1v) is 7.92. The van der Waals surface area contributed by atoms with Gasteiger partial charge in [0.05, 0.1) is 11.4 Å². The Labute approximate surface area is 134 Å². The highest BCUT2D eigenvalue weighted by Gasteiger charge is 2.22. The van der Waals surface area contributed by atoms with Gasteiger partial charge in [0.25, 0.3) is 0 Å². The van der Waals surface area contributed by atoms with Gasteiger partial charge in [-0.3, -0.25) is 0 Å². The smallest absolute Gasteiger partial charge is 0.115 e. The lowest BCUT2D eigenvalue weighted by atomic mass is 9.93. The molecule has 1 aliphatic rings. The number of fused-ring (bicyclic) bond motifs is 1. The molecule has 1 aliphatic carbocycles. The molecule has 0 saturated carbocycles. The van der Waals surface area contributed by atoms with Crippen LogP contribution in [0.5, 0.6) is 11.5 Å². The van der Waals surface area contributed by atoms with Crippen LogP contribution in [0.15, 0.2) is 48.5 Å². The van der Waals surface area contributed by atoms with Gasteiger partial charge in [-0.1, -0.05) is 0 Å². The lowest BCUT2D eigenvalue weighted by molar-refractivity contribution is 0.474. The Morgan fingerprint density at radius 1 is 0.783 bits per heavy atom. The summed E-state index contributed by atoms with van der Waals surface area (Å²) < 4.78 is 2.00. The van der Waals surface area contributed by atoms with E-state index in [1.807, 2.05) is 28.9 Å². The molecule has 2 aromatic carbocycles. The third kappa shape index (κ3) is 2.46. The SMILES string of the molecule is Oc1ccc(-c2nn(-c3ccc(O)cc3)c3c2CCCC3)cc1. The summed E-state index contributed by atoms with van der Waals surface area (Å²) in [5.74, 6) is 0.522. The third-order valence-electron chi connectivity index (χ3n) is 4.42. The zero-order valence-corrected chi connectivity index (χ0v) is 12.7. The van der Waals surface area contributed by atoms with Crippen molar-refractivity contribution in [1.82, 2.24) is 9.78 Å². The van der Waals surface area contributed by atoms with E-state index in [1.54, 1.807) is 24.3 Å². The quantitative estimate of drug-likeness (QED) is 0.756. The molecule has 0 fully saturated rings. The minimum atomic E-state index is 0.258. The molecule has 0 unspecified atom stereocenters. The molecule has 0 amide bonds. The predicted molar refractivity (Wildman–Crippen MR) is 89.0 cm³/mol. The summed E-state index contributed by atoms with van der Waals surface area (Å²) in [5.41, 5.74) is 5.54. The molecule has 116 valence electrons. The van der Waals surface area contributed by atoms with Gasteiger partial charge < -0.3 is 10.2 Å². The van der Waals surface area contributed by atoms with Gasteiger partial charge in [0.1, 0.15) is 11.5 Å². The van der Waals surface area contributed by atoms with Gasteiger partial charge >= 0.3 is 0 Å². The Morgan fingerprint density at radius 2 is 1.39 bits per heavy atom. The zero-order valence-electron chi connectivity index (χ0n) is 12.7. The lowest BCUT2D eigenvalue weighted by Crippen LogP contribution is -2.07. The fourth-order valence-corrected chi connectivity index (χ4v) is 3.26. The fourth-order valence-electron chi connectivity index (χ4n) is 3.26. The van der Waals surface area contributed by atoms with Gasteiger partial charge in [-0.05, 0) is 74.2 Å².